The number of amides is 1. The first-order valence-electron chi connectivity index (χ1n) is 11.4. The molecule has 2 aromatic carbocycles. The normalized spacial score (nSPS) is 20.7. The van der Waals surface area contributed by atoms with Crippen molar-refractivity contribution in [3.05, 3.63) is 92.9 Å². The molecule has 4 heterocycles. The van der Waals surface area contributed by atoms with Gasteiger partial charge in [0.05, 0.1) is 19.3 Å². The van der Waals surface area contributed by atoms with Crippen LogP contribution >= 0.6 is 11.8 Å². The lowest BCUT2D eigenvalue weighted by molar-refractivity contribution is -0.0203. The van der Waals surface area contributed by atoms with Gasteiger partial charge in [0.2, 0.25) is 11.2 Å². The zero-order chi connectivity index (χ0) is 25.0. The van der Waals surface area contributed by atoms with Gasteiger partial charge in [0.1, 0.15) is 6.17 Å². The zero-order valence-corrected chi connectivity index (χ0v) is 19.7. The van der Waals surface area contributed by atoms with Crippen LogP contribution in [0.4, 0.5) is 8.78 Å². The topological polar surface area (TPSA) is 84.2 Å². The Labute approximate surface area is 208 Å². The van der Waals surface area contributed by atoms with Crippen LogP contribution in [0.15, 0.2) is 58.4 Å². The fraction of sp³-hybridized carbons (Fsp3) is 0.280. The third kappa shape index (κ3) is 3.41. The molecule has 6 rings (SSSR count). The summed E-state index contributed by atoms with van der Waals surface area (Å²) in [6.45, 7) is -0.0626. The fourth-order valence-electron chi connectivity index (χ4n) is 5.17. The molecule has 0 unspecified atom stereocenters. The Hall–Kier alpha value is -3.41. The third-order valence-corrected chi connectivity index (χ3v) is 7.86. The van der Waals surface area contributed by atoms with Gasteiger partial charge in [0.15, 0.2) is 24.1 Å². The summed E-state index contributed by atoms with van der Waals surface area (Å²) in [7, 11) is 0. The van der Waals surface area contributed by atoms with E-state index in [1.165, 1.54) is 28.7 Å². The maximum absolute atomic E-state index is 15.1. The number of fused-ring (bicyclic) bond motifs is 4. The van der Waals surface area contributed by atoms with Crippen molar-refractivity contribution in [3.63, 3.8) is 0 Å². The lowest BCUT2D eigenvalue weighted by Crippen LogP contribution is -2.66. The van der Waals surface area contributed by atoms with Gasteiger partial charge in [-0.05, 0) is 23.3 Å². The minimum atomic E-state index is -0.932. The molecule has 3 aliphatic heterocycles. The van der Waals surface area contributed by atoms with Gasteiger partial charge >= 0.3 is 0 Å². The molecule has 3 aromatic rings. The summed E-state index contributed by atoms with van der Waals surface area (Å²) < 4.78 is 42.0. The number of hydrogen-bond acceptors (Lipinski definition) is 7. The number of benzene rings is 2. The van der Waals surface area contributed by atoms with E-state index in [1.54, 1.807) is 11.0 Å². The average Bonchev–Trinajstić information content (AvgIpc) is 3.06. The van der Waals surface area contributed by atoms with Gasteiger partial charge in [-0.15, -0.1) is 11.8 Å². The Morgan fingerprint density at radius 1 is 1.11 bits per heavy atom. The molecule has 8 nitrogen and oxygen atoms in total. The van der Waals surface area contributed by atoms with E-state index in [2.05, 4.69) is 0 Å². The number of rotatable bonds is 3. The van der Waals surface area contributed by atoms with E-state index in [9.17, 15) is 19.1 Å². The summed E-state index contributed by atoms with van der Waals surface area (Å²) in [4.78, 5) is 28.7. The molecule has 2 atom stereocenters. The van der Waals surface area contributed by atoms with Crippen molar-refractivity contribution in [2.45, 2.75) is 22.9 Å². The van der Waals surface area contributed by atoms with Crippen LogP contribution < -0.4 is 15.2 Å². The van der Waals surface area contributed by atoms with Crippen LogP contribution in [0.2, 0.25) is 0 Å². The summed E-state index contributed by atoms with van der Waals surface area (Å²) in [5.41, 5.74) is 1.01. The van der Waals surface area contributed by atoms with Gasteiger partial charge in [0.25, 0.3) is 5.91 Å². The first-order valence-corrected chi connectivity index (χ1v) is 12.3. The molecule has 36 heavy (non-hydrogen) atoms. The smallest absolute Gasteiger partial charge is 0.278 e. The van der Waals surface area contributed by atoms with Crippen LogP contribution in [-0.4, -0.2) is 53.3 Å². The second kappa shape index (κ2) is 8.91. The van der Waals surface area contributed by atoms with Crippen molar-refractivity contribution in [2.75, 3.05) is 31.6 Å². The lowest BCUT2D eigenvalue weighted by atomic mass is 9.93. The van der Waals surface area contributed by atoms with Crippen molar-refractivity contribution in [1.82, 2.24) is 9.58 Å². The number of hydrogen-bond donors (Lipinski definition) is 1. The van der Waals surface area contributed by atoms with E-state index in [0.717, 1.165) is 16.5 Å². The molecule has 1 N–H and O–H groups in total. The van der Waals surface area contributed by atoms with Gasteiger partial charge in [0, 0.05) is 35.0 Å². The van der Waals surface area contributed by atoms with Crippen LogP contribution in [0.5, 0.6) is 5.75 Å². The number of nitrogens with zero attached hydrogens (tertiary/aromatic N) is 3. The predicted molar refractivity (Wildman–Crippen MR) is 126 cm³/mol. The molecule has 1 amide bonds. The molecule has 1 fully saturated rings. The van der Waals surface area contributed by atoms with Crippen LogP contribution in [-0.2, 0) is 10.5 Å². The van der Waals surface area contributed by atoms with E-state index in [4.69, 9.17) is 9.47 Å². The first-order chi connectivity index (χ1) is 17.5. The molecule has 0 radical (unpaired) electrons. The van der Waals surface area contributed by atoms with Crippen LogP contribution in [0.25, 0.3) is 0 Å². The van der Waals surface area contributed by atoms with Crippen LogP contribution in [0.1, 0.15) is 33.2 Å². The molecule has 0 aliphatic carbocycles. The molecule has 0 saturated carbocycles. The van der Waals surface area contributed by atoms with Crippen LogP contribution in [0.3, 0.4) is 0 Å². The number of carbonyl (C=O) groups excluding carboxylic acids is 1. The number of pyridine rings is 1. The Morgan fingerprint density at radius 3 is 2.78 bits per heavy atom. The molecule has 0 spiro atoms. The molecular formula is C25H21F2N3O5S. The zero-order valence-electron chi connectivity index (χ0n) is 18.9. The minimum Gasteiger partial charge on any atom is -0.461 e. The number of aliphatic hydroxyl groups is 1. The molecule has 186 valence electrons. The van der Waals surface area contributed by atoms with E-state index in [0.29, 0.717) is 12.2 Å². The maximum atomic E-state index is 15.1. The summed E-state index contributed by atoms with van der Waals surface area (Å²) in [6, 6.07) is 10.8. The van der Waals surface area contributed by atoms with Crippen molar-refractivity contribution in [1.29, 1.82) is 0 Å². The van der Waals surface area contributed by atoms with Gasteiger partial charge in [-0.25, -0.2) is 8.78 Å². The number of ether oxygens (including phenoxy) is 2. The molecule has 0 bridgehead atoms. The summed E-state index contributed by atoms with van der Waals surface area (Å²) in [5, 5.41) is 11.3. The van der Waals surface area contributed by atoms with Gasteiger partial charge in [-0.1, -0.05) is 24.3 Å². The first kappa shape index (κ1) is 23.0. The number of halogens is 2. The van der Waals surface area contributed by atoms with Crippen molar-refractivity contribution < 1.29 is 28.2 Å². The Balaban J connectivity index is 1.67. The van der Waals surface area contributed by atoms with E-state index in [-0.39, 0.29) is 35.9 Å². The monoisotopic (exact) mass is 513 g/mol. The Bertz CT molecular complexity index is 1430. The van der Waals surface area contributed by atoms with Gasteiger partial charge < -0.3 is 19.5 Å². The third-order valence-electron chi connectivity index (χ3n) is 6.74. The molecular weight excluding hydrogens is 492 g/mol. The van der Waals surface area contributed by atoms with Crippen molar-refractivity contribution >= 4 is 17.7 Å². The number of thioether (sulfide) groups is 1. The van der Waals surface area contributed by atoms with Gasteiger partial charge in [-0.3, -0.25) is 19.3 Å². The van der Waals surface area contributed by atoms with E-state index in [1.807, 2.05) is 29.3 Å². The Kier molecular flexibility index (Phi) is 5.70. The predicted octanol–water partition coefficient (Wildman–Crippen LogP) is 2.60. The summed E-state index contributed by atoms with van der Waals surface area (Å²) >= 11 is 1.41. The van der Waals surface area contributed by atoms with Crippen LogP contribution in [0, 0.1) is 11.6 Å². The van der Waals surface area contributed by atoms with Gasteiger partial charge in [-0.2, -0.15) is 0 Å². The molecule has 1 saturated heterocycles. The lowest BCUT2D eigenvalue weighted by Gasteiger charge is -2.51. The quantitative estimate of drug-likeness (QED) is 0.539. The van der Waals surface area contributed by atoms with E-state index >= 15 is 4.39 Å². The number of carbonyl (C=O) groups is 1. The highest BCUT2D eigenvalue weighted by atomic mass is 32.2. The highest BCUT2D eigenvalue weighted by Crippen LogP contribution is 2.45. The number of aromatic nitrogens is 1. The number of aliphatic hydroxyl groups excluding tert-OH is 1. The highest BCUT2D eigenvalue weighted by Gasteiger charge is 2.46. The molecule has 1 aromatic heterocycles. The fourth-order valence-corrected chi connectivity index (χ4v) is 6.29. The average molecular weight is 514 g/mol. The molecule has 11 heteroatoms. The minimum absolute atomic E-state index is 0.0479. The standard InChI is InChI=1S/C25H21F2N3O5S/c26-17-6-5-14-16(21(17)27)12-36-19-4-2-1-3-15(19)22(14)30-20-11-34-10-9-28(20)25(33)23-24(35-13-31)18(32)7-8-29(23)30/h1-8,20,22,31H,9-13H2/t20-,22+/m1/s1. The Morgan fingerprint density at radius 2 is 1.94 bits per heavy atom. The molecule has 3 aliphatic rings. The van der Waals surface area contributed by atoms with E-state index < -0.39 is 42.0 Å². The maximum Gasteiger partial charge on any atom is 0.278 e. The second-order valence-corrected chi connectivity index (χ2v) is 9.59. The largest absolute Gasteiger partial charge is 0.461 e. The van der Waals surface area contributed by atoms with Crippen molar-refractivity contribution in [2.24, 2.45) is 0 Å². The number of morpholine rings is 1. The summed E-state index contributed by atoms with van der Waals surface area (Å²) in [6.07, 6.45) is 0.858. The highest BCUT2D eigenvalue weighted by molar-refractivity contribution is 7.98. The SMILES string of the molecule is O=C1c2c(OCO)c(=O)ccn2N([C@@H]2c3ccccc3SCc3c2ccc(F)c3F)[C@@H]2COCCN12. The van der Waals surface area contributed by atoms with Crippen molar-refractivity contribution in [3.8, 4) is 5.75 Å². The summed E-state index contributed by atoms with van der Waals surface area (Å²) in [5.74, 6) is -2.34. The second-order valence-electron chi connectivity index (χ2n) is 8.57.